The van der Waals surface area contributed by atoms with Crippen LogP contribution in [-0.4, -0.2) is 64.5 Å². The molecule has 0 aliphatic carbocycles. The summed E-state index contributed by atoms with van der Waals surface area (Å²) in [4.78, 5) is 30.3. The van der Waals surface area contributed by atoms with Crippen LogP contribution in [0.4, 0.5) is 0 Å². The molecular formula is C30H29N5O. The van der Waals surface area contributed by atoms with E-state index in [2.05, 4.69) is 69.3 Å². The van der Waals surface area contributed by atoms with Gasteiger partial charge in [0.1, 0.15) is 5.65 Å². The Hall–Kier alpha value is -3.87. The van der Waals surface area contributed by atoms with Crippen LogP contribution in [0.1, 0.15) is 5.56 Å². The van der Waals surface area contributed by atoms with Gasteiger partial charge in [-0.3, -0.25) is 9.78 Å². The molecule has 6 nitrogen and oxygen atoms in total. The van der Waals surface area contributed by atoms with Crippen molar-refractivity contribution < 1.29 is 0 Å². The van der Waals surface area contributed by atoms with Crippen LogP contribution < -0.4 is 5.56 Å². The van der Waals surface area contributed by atoms with Gasteiger partial charge < -0.3 is 14.8 Å². The molecule has 0 bridgehead atoms. The van der Waals surface area contributed by atoms with Gasteiger partial charge in [-0.15, -0.1) is 0 Å². The van der Waals surface area contributed by atoms with Gasteiger partial charge in [0.25, 0.3) is 5.56 Å². The summed E-state index contributed by atoms with van der Waals surface area (Å²) in [5, 5.41) is 2.03. The van der Waals surface area contributed by atoms with E-state index in [1.165, 1.54) is 0 Å². The van der Waals surface area contributed by atoms with Gasteiger partial charge in [-0.25, -0.2) is 4.98 Å². The van der Waals surface area contributed by atoms with E-state index in [4.69, 9.17) is 4.98 Å². The molecule has 6 rings (SSSR count). The number of fused-ring (bicyclic) bond motifs is 2. The van der Waals surface area contributed by atoms with Crippen LogP contribution in [0, 0.1) is 0 Å². The Kier molecular flexibility index (Phi) is 6.05. The number of hydrogen-bond donors (Lipinski definition) is 1. The number of hydrogen-bond acceptors (Lipinski definition) is 5. The lowest BCUT2D eigenvalue weighted by atomic mass is 9.96. The summed E-state index contributed by atoms with van der Waals surface area (Å²) in [6.45, 7) is 5.13. The van der Waals surface area contributed by atoms with Gasteiger partial charge in [-0.2, -0.15) is 0 Å². The summed E-state index contributed by atoms with van der Waals surface area (Å²) in [6, 6.07) is 24.7. The Bertz CT molecular complexity index is 1590. The fourth-order valence-electron chi connectivity index (χ4n) is 5.00. The second-order valence-electron chi connectivity index (χ2n) is 9.62. The van der Waals surface area contributed by atoms with Crippen molar-refractivity contribution in [3.05, 3.63) is 94.9 Å². The highest BCUT2D eigenvalue weighted by Crippen LogP contribution is 2.34. The molecule has 1 saturated heterocycles. The van der Waals surface area contributed by atoms with E-state index in [0.717, 1.165) is 83.4 Å². The molecule has 1 fully saturated rings. The number of likely N-dealkylation sites (N-methyl/N-ethyl adjacent to an activating group) is 1. The zero-order chi connectivity index (χ0) is 24.5. The van der Waals surface area contributed by atoms with Crippen LogP contribution in [0.25, 0.3) is 44.3 Å². The molecule has 6 heteroatoms. The molecule has 0 saturated carbocycles. The molecular weight excluding hydrogens is 446 g/mol. The first-order chi connectivity index (χ1) is 17.6. The molecule has 0 spiro atoms. The molecule has 4 heterocycles. The predicted molar refractivity (Wildman–Crippen MR) is 146 cm³/mol. The molecule has 5 aromatic rings. The summed E-state index contributed by atoms with van der Waals surface area (Å²) in [5.74, 6) is 0. The van der Waals surface area contributed by atoms with Crippen LogP contribution >= 0.6 is 0 Å². The van der Waals surface area contributed by atoms with Crippen LogP contribution in [0.15, 0.2) is 83.8 Å². The lowest BCUT2D eigenvalue weighted by Gasteiger charge is -2.32. The number of pyridine rings is 3. The van der Waals surface area contributed by atoms with Gasteiger partial charge in [0.05, 0.1) is 11.2 Å². The summed E-state index contributed by atoms with van der Waals surface area (Å²) in [6.07, 6.45) is 2.54. The van der Waals surface area contributed by atoms with Gasteiger partial charge in [-0.05, 0) is 49.4 Å². The van der Waals surface area contributed by atoms with E-state index >= 15 is 0 Å². The van der Waals surface area contributed by atoms with Gasteiger partial charge in [0.15, 0.2) is 0 Å². The lowest BCUT2D eigenvalue weighted by molar-refractivity contribution is 0.155. The Morgan fingerprint density at radius 1 is 0.861 bits per heavy atom. The highest BCUT2D eigenvalue weighted by Gasteiger charge is 2.16. The monoisotopic (exact) mass is 475 g/mol. The summed E-state index contributed by atoms with van der Waals surface area (Å²) >= 11 is 0. The molecule has 2 aromatic carbocycles. The van der Waals surface area contributed by atoms with Crippen LogP contribution in [0.5, 0.6) is 0 Å². The first-order valence-electron chi connectivity index (χ1n) is 12.5. The number of rotatable bonds is 5. The molecule has 1 aliphatic heterocycles. The zero-order valence-corrected chi connectivity index (χ0v) is 20.4. The van der Waals surface area contributed by atoms with E-state index in [1.54, 1.807) is 0 Å². The van der Waals surface area contributed by atoms with E-state index < -0.39 is 0 Å². The molecule has 180 valence electrons. The smallest absolute Gasteiger partial charge is 0.252 e. The minimum absolute atomic E-state index is 0.0485. The summed E-state index contributed by atoms with van der Waals surface area (Å²) in [7, 11) is 2.16. The molecule has 0 radical (unpaired) electrons. The van der Waals surface area contributed by atoms with Gasteiger partial charge >= 0.3 is 0 Å². The number of piperazine rings is 1. The Morgan fingerprint density at radius 3 is 2.53 bits per heavy atom. The number of aromatic nitrogens is 3. The topological polar surface area (TPSA) is 65.1 Å². The van der Waals surface area contributed by atoms with Gasteiger partial charge in [0.2, 0.25) is 0 Å². The van der Waals surface area contributed by atoms with E-state index in [0.29, 0.717) is 5.65 Å². The largest absolute Gasteiger partial charge is 0.306 e. The van der Waals surface area contributed by atoms with Gasteiger partial charge in [-0.1, -0.05) is 42.5 Å². The normalized spacial score (nSPS) is 15.0. The lowest BCUT2D eigenvalue weighted by Crippen LogP contribution is -2.45. The maximum Gasteiger partial charge on any atom is 0.252 e. The second-order valence-corrected chi connectivity index (χ2v) is 9.62. The van der Waals surface area contributed by atoms with Crippen molar-refractivity contribution in [3.63, 3.8) is 0 Å². The second kappa shape index (κ2) is 9.64. The molecule has 0 atom stereocenters. The Morgan fingerprint density at radius 2 is 1.69 bits per heavy atom. The average Bonchev–Trinajstić information content (AvgIpc) is 2.92. The van der Waals surface area contributed by atoms with Crippen LogP contribution in [-0.2, 0) is 6.42 Å². The Balaban J connectivity index is 1.43. The van der Waals surface area contributed by atoms with Crippen molar-refractivity contribution in [2.75, 3.05) is 39.8 Å². The zero-order valence-electron chi connectivity index (χ0n) is 20.4. The molecule has 0 unspecified atom stereocenters. The van der Waals surface area contributed by atoms with Crippen molar-refractivity contribution in [3.8, 4) is 22.4 Å². The standard InChI is InChI=1S/C30H29N5O/c1-34-14-16-35(17-15-34)13-11-24-19-25-20-26(22-9-10-27-23(18-22)8-5-12-31-27)28(21-6-3-2-4-7-21)32-29(25)33-30(24)36/h2-10,12,18-20H,11,13-17H2,1H3,(H,32,33,36). The SMILES string of the molecule is CN1CCN(CCc2cc3cc(-c4ccc5ncccc5c4)c(-c4ccccc4)nc3[nH]c2=O)CC1. The third-order valence-corrected chi connectivity index (χ3v) is 7.16. The summed E-state index contributed by atoms with van der Waals surface area (Å²) < 4.78 is 0. The first-order valence-corrected chi connectivity index (χ1v) is 12.5. The highest BCUT2D eigenvalue weighted by molar-refractivity contribution is 5.93. The highest BCUT2D eigenvalue weighted by atomic mass is 16.1. The summed E-state index contributed by atoms with van der Waals surface area (Å²) in [5.41, 5.74) is 6.33. The maximum atomic E-state index is 13.0. The molecule has 1 aliphatic rings. The van der Waals surface area contributed by atoms with Crippen molar-refractivity contribution in [2.45, 2.75) is 6.42 Å². The fourth-order valence-corrected chi connectivity index (χ4v) is 5.00. The minimum Gasteiger partial charge on any atom is -0.306 e. The van der Waals surface area contributed by atoms with Crippen molar-refractivity contribution in [1.82, 2.24) is 24.8 Å². The first kappa shape index (κ1) is 22.6. The van der Waals surface area contributed by atoms with Crippen LogP contribution in [0.3, 0.4) is 0 Å². The quantitative estimate of drug-likeness (QED) is 0.403. The van der Waals surface area contributed by atoms with E-state index in [-0.39, 0.29) is 5.56 Å². The predicted octanol–water partition coefficient (Wildman–Crippen LogP) is 4.60. The molecule has 0 amide bonds. The number of H-pyrrole nitrogens is 1. The van der Waals surface area contributed by atoms with Gasteiger partial charge in [0, 0.05) is 66.4 Å². The number of nitrogens with one attached hydrogen (secondary N) is 1. The van der Waals surface area contributed by atoms with Crippen molar-refractivity contribution >= 4 is 21.9 Å². The fraction of sp³-hybridized carbons (Fsp3) is 0.233. The third kappa shape index (κ3) is 4.53. The van der Waals surface area contributed by atoms with E-state index in [9.17, 15) is 4.79 Å². The minimum atomic E-state index is -0.0485. The number of nitrogens with zero attached hydrogens (tertiary/aromatic N) is 4. The van der Waals surface area contributed by atoms with Crippen molar-refractivity contribution in [1.29, 1.82) is 0 Å². The molecule has 36 heavy (non-hydrogen) atoms. The molecule has 1 N–H and O–H groups in total. The molecule has 3 aromatic heterocycles. The van der Waals surface area contributed by atoms with Crippen LogP contribution in [0.2, 0.25) is 0 Å². The average molecular weight is 476 g/mol. The van der Waals surface area contributed by atoms with E-state index in [1.807, 2.05) is 36.5 Å². The third-order valence-electron chi connectivity index (χ3n) is 7.16. The maximum absolute atomic E-state index is 13.0. The number of aromatic amines is 1. The Labute approximate surface area is 210 Å². The van der Waals surface area contributed by atoms with Crippen molar-refractivity contribution in [2.24, 2.45) is 0 Å². The number of benzene rings is 2.